The van der Waals surface area contributed by atoms with E-state index in [0.717, 1.165) is 6.07 Å². The van der Waals surface area contributed by atoms with Crippen LogP contribution in [0.3, 0.4) is 0 Å². The van der Waals surface area contributed by atoms with Crippen molar-refractivity contribution in [3.05, 3.63) is 29.3 Å². The van der Waals surface area contributed by atoms with Gasteiger partial charge in [-0.25, -0.2) is 17.9 Å². The number of carbonyl (C=O) groups is 1. The maximum absolute atomic E-state index is 12.4. The summed E-state index contributed by atoms with van der Waals surface area (Å²) in [5, 5.41) is 9.07. The topological polar surface area (TPSA) is 86.7 Å². The van der Waals surface area contributed by atoms with Gasteiger partial charge in [0, 0.05) is 13.1 Å². The first-order valence-electron chi connectivity index (χ1n) is 7.60. The zero-order valence-corrected chi connectivity index (χ0v) is 14.3. The molecule has 0 spiro atoms. The van der Waals surface area contributed by atoms with Gasteiger partial charge in [-0.2, -0.15) is 13.2 Å². The van der Waals surface area contributed by atoms with E-state index in [-0.39, 0.29) is 36.0 Å². The van der Waals surface area contributed by atoms with Gasteiger partial charge < -0.3 is 5.11 Å². The van der Waals surface area contributed by atoms with Crippen LogP contribution < -0.4 is 4.72 Å². The minimum Gasteiger partial charge on any atom is -0.478 e. The molecule has 1 atom stereocenters. The lowest BCUT2D eigenvalue weighted by molar-refractivity contribution is -0.143. The van der Waals surface area contributed by atoms with E-state index in [2.05, 4.69) is 4.72 Å². The van der Waals surface area contributed by atoms with E-state index in [1.807, 2.05) is 0 Å². The van der Waals surface area contributed by atoms with Crippen molar-refractivity contribution in [1.82, 2.24) is 9.62 Å². The minimum atomic E-state index is -4.27. The van der Waals surface area contributed by atoms with Crippen molar-refractivity contribution in [3.8, 4) is 0 Å². The van der Waals surface area contributed by atoms with E-state index in [0.29, 0.717) is 12.0 Å². The Labute approximate surface area is 143 Å². The predicted octanol–water partition coefficient (Wildman–Crippen LogP) is 1.86. The van der Waals surface area contributed by atoms with Gasteiger partial charge in [0.2, 0.25) is 10.0 Å². The second kappa shape index (κ2) is 7.30. The van der Waals surface area contributed by atoms with Crippen molar-refractivity contribution in [1.29, 1.82) is 0 Å². The summed E-state index contributed by atoms with van der Waals surface area (Å²) in [6.45, 7) is 0.986. The van der Waals surface area contributed by atoms with Gasteiger partial charge in [0.25, 0.3) is 0 Å². The third-order valence-corrected chi connectivity index (χ3v) is 5.51. The number of alkyl halides is 3. The Morgan fingerprint density at radius 1 is 1.40 bits per heavy atom. The molecular formula is C15H19F3N2O4S. The molecule has 0 unspecified atom stereocenters. The number of aryl methyl sites for hydroxylation is 1. The molecule has 0 amide bonds. The standard InChI is InChI=1S/C15H19F3N2O4S/c1-10-2-3-12(6-13(10)14(21)22)25(23,24)19-7-11-4-5-20(8-11)9-15(16,17)18/h2-3,6,11,19H,4-5,7-9H2,1H3,(H,21,22)/t11-/m0/s1. The average Bonchev–Trinajstić information content (AvgIpc) is 2.90. The summed E-state index contributed by atoms with van der Waals surface area (Å²) < 4.78 is 64.0. The summed E-state index contributed by atoms with van der Waals surface area (Å²) in [7, 11) is -3.93. The van der Waals surface area contributed by atoms with E-state index in [1.165, 1.54) is 17.0 Å². The molecule has 1 aromatic rings. The van der Waals surface area contributed by atoms with Crippen LogP contribution in [0.1, 0.15) is 22.3 Å². The van der Waals surface area contributed by atoms with Crippen molar-refractivity contribution < 1.29 is 31.5 Å². The molecule has 1 heterocycles. The normalized spacial score (nSPS) is 19.3. The number of rotatable bonds is 6. The number of carboxylic acids is 1. The van der Waals surface area contributed by atoms with E-state index in [1.54, 1.807) is 6.92 Å². The highest BCUT2D eigenvalue weighted by Gasteiger charge is 2.34. The third-order valence-electron chi connectivity index (χ3n) is 4.08. The molecular weight excluding hydrogens is 361 g/mol. The number of benzene rings is 1. The second-order valence-electron chi connectivity index (χ2n) is 6.14. The van der Waals surface area contributed by atoms with Gasteiger partial charge in [0.1, 0.15) is 0 Å². The fourth-order valence-corrected chi connectivity index (χ4v) is 3.93. The average molecular weight is 380 g/mol. The van der Waals surface area contributed by atoms with Crippen molar-refractivity contribution in [2.75, 3.05) is 26.2 Å². The zero-order chi connectivity index (χ0) is 18.8. The highest BCUT2D eigenvalue weighted by Crippen LogP contribution is 2.23. The fourth-order valence-electron chi connectivity index (χ4n) is 2.79. The minimum absolute atomic E-state index is 0.00692. The molecule has 1 fully saturated rings. The first-order chi connectivity index (χ1) is 11.5. The van der Waals surface area contributed by atoms with Crippen LogP contribution >= 0.6 is 0 Å². The Kier molecular flexibility index (Phi) is 5.75. The molecule has 1 aliphatic heterocycles. The second-order valence-corrected chi connectivity index (χ2v) is 7.91. The van der Waals surface area contributed by atoms with E-state index < -0.39 is 28.7 Å². The smallest absolute Gasteiger partial charge is 0.401 e. The molecule has 0 saturated carbocycles. The molecule has 0 radical (unpaired) electrons. The number of nitrogens with one attached hydrogen (secondary N) is 1. The quantitative estimate of drug-likeness (QED) is 0.787. The molecule has 2 rings (SSSR count). The molecule has 2 N–H and O–H groups in total. The van der Waals surface area contributed by atoms with Gasteiger partial charge >= 0.3 is 12.1 Å². The molecule has 0 aromatic heterocycles. The maximum Gasteiger partial charge on any atom is 0.401 e. The van der Waals surface area contributed by atoms with Crippen LogP contribution in [0.5, 0.6) is 0 Å². The Balaban J connectivity index is 1.99. The van der Waals surface area contributed by atoms with Crippen molar-refractivity contribution in [2.45, 2.75) is 24.4 Å². The number of likely N-dealkylation sites (tertiary alicyclic amines) is 1. The number of sulfonamides is 1. The van der Waals surface area contributed by atoms with Crippen LogP contribution in [-0.2, 0) is 10.0 Å². The van der Waals surface area contributed by atoms with E-state index >= 15 is 0 Å². The van der Waals surface area contributed by atoms with E-state index in [9.17, 15) is 26.4 Å². The molecule has 140 valence electrons. The molecule has 10 heteroatoms. The predicted molar refractivity (Wildman–Crippen MR) is 83.9 cm³/mol. The Morgan fingerprint density at radius 3 is 2.68 bits per heavy atom. The number of aromatic carboxylic acids is 1. The summed E-state index contributed by atoms with van der Waals surface area (Å²) in [4.78, 5) is 12.2. The van der Waals surface area contributed by atoms with Crippen LogP contribution in [0.15, 0.2) is 23.1 Å². The summed E-state index contributed by atoms with van der Waals surface area (Å²) in [5.74, 6) is -1.45. The van der Waals surface area contributed by atoms with Gasteiger partial charge in [-0.05, 0) is 43.5 Å². The largest absolute Gasteiger partial charge is 0.478 e. The first kappa shape index (κ1) is 19.7. The first-order valence-corrected chi connectivity index (χ1v) is 9.09. The number of hydrogen-bond acceptors (Lipinski definition) is 4. The Morgan fingerprint density at radius 2 is 2.08 bits per heavy atom. The summed E-state index contributed by atoms with van der Waals surface area (Å²) in [5.41, 5.74) is 0.324. The summed E-state index contributed by atoms with van der Waals surface area (Å²) in [6, 6.07) is 3.78. The van der Waals surface area contributed by atoms with Crippen molar-refractivity contribution in [2.24, 2.45) is 5.92 Å². The van der Waals surface area contributed by atoms with E-state index in [4.69, 9.17) is 5.11 Å². The molecule has 0 bridgehead atoms. The number of carboxylic acid groups (broad SMARTS) is 1. The highest BCUT2D eigenvalue weighted by atomic mass is 32.2. The molecule has 1 aliphatic rings. The number of hydrogen-bond donors (Lipinski definition) is 2. The number of halogens is 3. The molecule has 1 aromatic carbocycles. The fraction of sp³-hybridized carbons (Fsp3) is 0.533. The van der Waals surface area contributed by atoms with Crippen LogP contribution in [0, 0.1) is 12.8 Å². The number of nitrogens with zero attached hydrogens (tertiary/aromatic N) is 1. The van der Waals surface area contributed by atoms with Crippen LogP contribution in [-0.4, -0.2) is 56.7 Å². The Hall–Kier alpha value is -1.65. The molecule has 6 nitrogen and oxygen atoms in total. The zero-order valence-electron chi connectivity index (χ0n) is 13.5. The lowest BCUT2D eigenvalue weighted by Gasteiger charge is -2.18. The lowest BCUT2D eigenvalue weighted by atomic mass is 10.1. The van der Waals surface area contributed by atoms with Crippen LogP contribution in [0.2, 0.25) is 0 Å². The van der Waals surface area contributed by atoms with Crippen molar-refractivity contribution >= 4 is 16.0 Å². The van der Waals surface area contributed by atoms with Crippen molar-refractivity contribution in [3.63, 3.8) is 0 Å². The van der Waals surface area contributed by atoms with Gasteiger partial charge in [0.05, 0.1) is 17.0 Å². The van der Waals surface area contributed by atoms with Gasteiger partial charge in [-0.15, -0.1) is 0 Å². The monoisotopic (exact) mass is 380 g/mol. The van der Waals surface area contributed by atoms with Crippen LogP contribution in [0.4, 0.5) is 13.2 Å². The van der Waals surface area contributed by atoms with Gasteiger partial charge in [-0.3, -0.25) is 4.90 Å². The van der Waals surface area contributed by atoms with Gasteiger partial charge in [-0.1, -0.05) is 6.07 Å². The molecule has 25 heavy (non-hydrogen) atoms. The third kappa shape index (κ3) is 5.41. The molecule has 1 saturated heterocycles. The van der Waals surface area contributed by atoms with Crippen LogP contribution in [0.25, 0.3) is 0 Å². The Bertz CT molecular complexity index is 750. The highest BCUT2D eigenvalue weighted by molar-refractivity contribution is 7.89. The maximum atomic E-state index is 12.4. The SMILES string of the molecule is Cc1ccc(S(=O)(=O)NC[C@@H]2CCN(CC(F)(F)F)C2)cc1C(=O)O. The summed E-state index contributed by atoms with van der Waals surface area (Å²) in [6.07, 6.45) is -3.81. The summed E-state index contributed by atoms with van der Waals surface area (Å²) >= 11 is 0. The lowest BCUT2D eigenvalue weighted by Crippen LogP contribution is -2.34. The molecule has 0 aliphatic carbocycles. The van der Waals surface area contributed by atoms with Gasteiger partial charge in [0.15, 0.2) is 0 Å².